The molecule has 0 saturated carbocycles. The molecular formula is C20H35N. The predicted octanol–water partition coefficient (Wildman–Crippen LogP) is 6.87. The molecule has 0 aliphatic carbocycles. The van der Waals surface area contributed by atoms with Gasteiger partial charge in [0, 0.05) is 17.8 Å². The third-order valence-electron chi connectivity index (χ3n) is 3.85. The molecule has 0 unspecified atom stereocenters. The number of hydrogen-bond acceptors (Lipinski definition) is 1. The number of unbranched alkanes of at least 4 members (excludes halogenated alkanes) is 6. The number of hydrogen-bond donors (Lipinski definition) is 0. The van der Waals surface area contributed by atoms with Crippen LogP contribution < -0.4 is 0 Å². The van der Waals surface area contributed by atoms with E-state index < -0.39 is 0 Å². The second-order valence-corrected chi connectivity index (χ2v) is 5.74. The highest BCUT2D eigenvalue weighted by molar-refractivity contribution is 5.71. The zero-order valence-corrected chi connectivity index (χ0v) is 14.3. The first kappa shape index (κ1) is 19.9. The lowest BCUT2D eigenvalue weighted by atomic mass is 9.91. The third-order valence-corrected chi connectivity index (χ3v) is 3.85. The lowest BCUT2D eigenvalue weighted by Crippen LogP contribution is -2.04. The van der Waals surface area contributed by atoms with Crippen LogP contribution in [0.1, 0.15) is 78.1 Å². The summed E-state index contributed by atoms with van der Waals surface area (Å²) in [5, 5.41) is 0. The van der Waals surface area contributed by atoms with E-state index in [-0.39, 0.29) is 0 Å². The molecule has 0 radical (unpaired) electrons. The molecule has 0 fully saturated rings. The molecule has 1 nitrogen and oxygen atoms in total. The number of allylic oxidation sites excluding steroid dienone is 4. The number of aliphatic imine (C=N–C) groups is 1. The smallest absolute Gasteiger partial charge is 0.0434 e. The van der Waals surface area contributed by atoms with E-state index >= 15 is 0 Å². The lowest BCUT2D eigenvalue weighted by Gasteiger charge is -2.17. The van der Waals surface area contributed by atoms with E-state index in [0.717, 1.165) is 0 Å². The van der Waals surface area contributed by atoms with Crippen molar-refractivity contribution in [3.8, 4) is 0 Å². The van der Waals surface area contributed by atoms with Crippen LogP contribution in [0, 0.1) is 5.92 Å². The topological polar surface area (TPSA) is 12.4 Å². The summed E-state index contributed by atoms with van der Waals surface area (Å²) in [7, 11) is 0. The Morgan fingerprint density at radius 1 is 0.857 bits per heavy atom. The van der Waals surface area contributed by atoms with Gasteiger partial charge in [0.2, 0.25) is 0 Å². The molecule has 0 aromatic carbocycles. The van der Waals surface area contributed by atoms with E-state index in [1.165, 1.54) is 69.9 Å². The maximum Gasteiger partial charge on any atom is 0.0434 e. The van der Waals surface area contributed by atoms with Gasteiger partial charge >= 0.3 is 0 Å². The maximum atomic E-state index is 4.58. The molecule has 0 bridgehead atoms. The molecule has 0 N–H and O–H groups in total. The molecule has 0 aliphatic heterocycles. The van der Waals surface area contributed by atoms with Gasteiger partial charge in [-0.2, -0.15) is 0 Å². The summed E-state index contributed by atoms with van der Waals surface area (Å²) in [5.74, 6) is 0.577. The molecule has 0 aromatic heterocycles. The summed E-state index contributed by atoms with van der Waals surface area (Å²) in [6.45, 7) is 12.1. The zero-order valence-electron chi connectivity index (χ0n) is 14.3. The van der Waals surface area contributed by atoms with Crippen molar-refractivity contribution in [1.29, 1.82) is 0 Å². The largest absolute Gasteiger partial charge is 0.261 e. The standard InChI is InChI=1S/C20H35N/c1-5-9-11-13-16-19(17-14-12-10-6-2)20(15-7-3)21-18-8-4/h7-8,15,18-19H,3-6,9-14,16-17H2,1-2H3/b20-15-,21-18?. The molecule has 0 aromatic rings. The van der Waals surface area contributed by atoms with E-state index in [9.17, 15) is 0 Å². The molecule has 0 heterocycles. The number of nitrogens with zero attached hydrogens (tertiary/aromatic N) is 1. The Bertz CT molecular complexity index is 300. The average Bonchev–Trinajstić information content (AvgIpc) is 2.50. The Hall–Kier alpha value is -1.11. The molecule has 0 rings (SSSR count). The van der Waals surface area contributed by atoms with Crippen LogP contribution in [-0.4, -0.2) is 6.21 Å². The number of rotatable bonds is 14. The molecule has 120 valence electrons. The maximum absolute atomic E-state index is 4.58. The minimum absolute atomic E-state index is 0.577. The predicted molar refractivity (Wildman–Crippen MR) is 98.0 cm³/mol. The fourth-order valence-electron chi connectivity index (χ4n) is 2.62. The van der Waals surface area contributed by atoms with Crippen molar-refractivity contribution >= 4 is 6.21 Å². The van der Waals surface area contributed by atoms with Crippen LogP contribution in [0.2, 0.25) is 0 Å². The molecule has 1 heteroatoms. The van der Waals surface area contributed by atoms with Crippen LogP contribution in [0.15, 0.2) is 42.1 Å². The summed E-state index contributed by atoms with van der Waals surface area (Å²) < 4.78 is 0. The van der Waals surface area contributed by atoms with E-state index in [1.807, 2.05) is 6.08 Å². The van der Waals surface area contributed by atoms with Gasteiger partial charge in [-0.25, -0.2) is 0 Å². The van der Waals surface area contributed by atoms with Crippen molar-refractivity contribution in [1.82, 2.24) is 0 Å². The van der Waals surface area contributed by atoms with Crippen molar-refractivity contribution in [2.24, 2.45) is 10.9 Å². The van der Waals surface area contributed by atoms with Crippen LogP contribution in [0.5, 0.6) is 0 Å². The normalized spacial score (nSPS) is 12.2. The van der Waals surface area contributed by atoms with Gasteiger partial charge in [0.25, 0.3) is 0 Å². The molecule has 21 heavy (non-hydrogen) atoms. The summed E-state index contributed by atoms with van der Waals surface area (Å²) >= 11 is 0. The highest BCUT2D eigenvalue weighted by Gasteiger charge is 2.12. The first-order valence-electron chi connectivity index (χ1n) is 8.77. The molecular weight excluding hydrogens is 254 g/mol. The van der Waals surface area contributed by atoms with Gasteiger partial charge in [0.15, 0.2) is 0 Å². The Kier molecular flexibility index (Phi) is 14.5. The monoisotopic (exact) mass is 289 g/mol. The van der Waals surface area contributed by atoms with E-state index in [1.54, 1.807) is 12.3 Å². The van der Waals surface area contributed by atoms with Crippen LogP contribution in [0.3, 0.4) is 0 Å². The van der Waals surface area contributed by atoms with E-state index in [0.29, 0.717) is 5.92 Å². The Balaban J connectivity index is 4.55. The summed E-state index contributed by atoms with van der Waals surface area (Å²) in [6.07, 6.45) is 20.6. The van der Waals surface area contributed by atoms with Gasteiger partial charge < -0.3 is 0 Å². The minimum atomic E-state index is 0.577. The summed E-state index contributed by atoms with van der Waals surface area (Å²) in [5.41, 5.74) is 1.18. The van der Waals surface area contributed by atoms with Gasteiger partial charge in [-0.15, -0.1) is 0 Å². The van der Waals surface area contributed by atoms with Gasteiger partial charge in [-0.3, -0.25) is 4.99 Å². The second-order valence-electron chi connectivity index (χ2n) is 5.74. The molecule has 0 spiro atoms. The molecule has 0 saturated heterocycles. The van der Waals surface area contributed by atoms with Crippen molar-refractivity contribution < 1.29 is 0 Å². The van der Waals surface area contributed by atoms with Gasteiger partial charge in [0.1, 0.15) is 0 Å². The van der Waals surface area contributed by atoms with Crippen molar-refractivity contribution in [2.45, 2.75) is 78.1 Å². The first-order valence-corrected chi connectivity index (χ1v) is 8.77. The van der Waals surface area contributed by atoms with Gasteiger partial charge in [-0.1, -0.05) is 90.5 Å². The van der Waals surface area contributed by atoms with E-state index in [4.69, 9.17) is 0 Å². The Labute approximate surface area is 132 Å². The summed E-state index contributed by atoms with van der Waals surface area (Å²) in [4.78, 5) is 4.58. The Morgan fingerprint density at radius 3 is 1.86 bits per heavy atom. The van der Waals surface area contributed by atoms with Gasteiger partial charge in [0.05, 0.1) is 0 Å². The lowest BCUT2D eigenvalue weighted by molar-refractivity contribution is 0.452. The quantitative estimate of drug-likeness (QED) is 0.188. The molecule has 0 atom stereocenters. The van der Waals surface area contributed by atoms with Crippen molar-refractivity contribution in [2.75, 3.05) is 0 Å². The average molecular weight is 290 g/mol. The zero-order chi connectivity index (χ0) is 15.8. The second kappa shape index (κ2) is 15.3. The highest BCUT2D eigenvalue weighted by Crippen LogP contribution is 2.26. The minimum Gasteiger partial charge on any atom is -0.261 e. The van der Waals surface area contributed by atoms with Crippen molar-refractivity contribution in [3.05, 3.63) is 37.1 Å². The fraction of sp³-hybridized carbons (Fsp3) is 0.650. The Morgan fingerprint density at radius 2 is 1.43 bits per heavy atom. The van der Waals surface area contributed by atoms with Gasteiger partial charge in [-0.05, 0) is 18.9 Å². The van der Waals surface area contributed by atoms with Crippen LogP contribution in [-0.2, 0) is 0 Å². The van der Waals surface area contributed by atoms with Crippen LogP contribution in [0.4, 0.5) is 0 Å². The fourth-order valence-corrected chi connectivity index (χ4v) is 2.62. The third kappa shape index (κ3) is 11.2. The molecule has 0 aliphatic rings. The first-order chi connectivity index (χ1) is 10.3. The van der Waals surface area contributed by atoms with Crippen molar-refractivity contribution in [3.63, 3.8) is 0 Å². The van der Waals surface area contributed by atoms with Crippen LogP contribution >= 0.6 is 0 Å². The van der Waals surface area contributed by atoms with Crippen LogP contribution in [0.25, 0.3) is 0 Å². The highest BCUT2D eigenvalue weighted by atomic mass is 14.7. The molecule has 0 amide bonds. The van der Waals surface area contributed by atoms with E-state index in [2.05, 4.69) is 38.1 Å². The summed E-state index contributed by atoms with van der Waals surface area (Å²) in [6, 6.07) is 0. The SMILES string of the molecule is C=CC=N/C(=C\C=C)C(CCCCCC)CCCCCC.